The van der Waals surface area contributed by atoms with Crippen molar-refractivity contribution in [2.24, 2.45) is 11.3 Å². The van der Waals surface area contributed by atoms with Crippen LogP contribution in [-0.4, -0.2) is 10.9 Å². The molecule has 0 fully saturated rings. The third kappa shape index (κ3) is 3.87. The maximum Gasteiger partial charge on any atom is 0.267 e. The lowest BCUT2D eigenvalue weighted by atomic mass is 9.69. The van der Waals surface area contributed by atoms with Crippen LogP contribution in [0.3, 0.4) is 0 Å². The number of amides is 1. The van der Waals surface area contributed by atoms with Gasteiger partial charge in [0.05, 0.1) is 5.69 Å². The number of pyridine rings is 1. The van der Waals surface area contributed by atoms with E-state index >= 15 is 0 Å². The zero-order chi connectivity index (χ0) is 21.6. The van der Waals surface area contributed by atoms with Gasteiger partial charge in [0.1, 0.15) is 9.71 Å². The molecule has 0 saturated heterocycles. The largest absolute Gasteiger partial charge is 0.397 e. The quantitative estimate of drug-likeness (QED) is 0.429. The molecule has 1 aliphatic rings. The van der Waals surface area contributed by atoms with Crippen molar-refractivity contribution in [3.05, 3.63) is 50.4 Å². The molecule has 1 aliphatic carbocycles. The van der Waals surface area contributed by atoms with Crippen molar-refractivity contribution in [1.82, 2.24) is 4.98 Å². The third-order valence-electron chi connectivity index (χ3n) is 6.74. The molecule has 1 atom stereocenters. The molecule has 158 valence electrons. The van der Waals surface area contributed by atoms with E-state index in [2.05, 4.69) is 48.1 Å². The summed E-state index contributed by atoms with van der Waals surface area (Å²) in [5, 5.41) is 3.91. The minimum atomic E-state index is -0.177. The summed E-state index contributed by atoms with van der Waals surface area (Å²) in [7, 11) is 0. The van der Waals surface area contributed by atoms with Crippen LogP contribution >= 0.6 is 27.3 Å². The van der Waals surface area contributed by atoms with Crippen LogP contribution in [0.4, 0.5) is 11.4 Å². The Morgan fingerprint density at radius 1 is 1.37 bits per heavy atom. The van der Waals surface area contributed by atoms with E-state index in [1.807, 2.05) is 25.1 Å². The highest BCUT2D eigenvalue weighted by Gasteiger charge is 2.32. The maximum atomic E-state index is 13.0. The predicted octanol–water partition coefficient (Wildman–Crippen LogP) is 6.74. The molecule has 1 amide bonds. The van der Waals surface area contributed by atoms with Gasteiger partial charge in [-0.1, -0.05) is 43.1 Å². The number of aromatic nitrogens is 1. The standard InChI is InChI=1S/C24H28BrN3OS/c1-5-24(3,4)15-6-8-19-14(11-15)12-17-20(26)21(30-23(17)28-19)22(29)27-18-9-7-16(25)10-13(18)2/h7,9-10,12,15H,5-6,8,11,26H2,1-4H3,(H,27,29). The van der Waals surface area contributed by atoms with Gasteiger partial charge in [0, 0.05) is 21.2 Å². The molecule has 6 heteroatoms. The highest BCUT2D eigenvalue weighted by Crippen LogP contribution is 2.42. The number of fused-ring (bicyclic) bond motifs is 2. The molecule has 4 nitrogen and oxygen atoms in total. The first-order chi connectivity index (χ1) is 14.2. The van der Waals surface area contributed by atoms with Crippen molar-refractivity contribution in [2.75, 3.05) is 11.1 Å². The van der Waals surface area contributed by atoms with E-state index in [1.54, 1.807) is 0 Å². The molecule has 0 bridgehead atoms. The van der Waals surface area contributed by atoms with E-state index in [9.17, 15) is 4.79 Å². The molecule has 4 rings (SSSR count). The van der Waals surface area contributed by atoms with E-state index in [1.165, 1.54) is 35.4 Å². The molecular weight excluding hydrogens is 458 g/mol. The minimum absolute atomic E-state index is 0.177. The van der Waals surface area contributed by atoms with Crippen molar-refractivity contribution < 1.29 is 4.79 Å². The number of nitrogens with two attached hydrogens (primary N) is 1. The van der Waals surface area contributed by atoms with Crippen LogP contribution in [0.2, 0.25) is 0 Å². The number of thiophene rings is 1. The van der Waals surface area contributed by atoms with E-state index in [4.69, 9.17) is 10.7 Å². The van der Waals surface area contributed by atoms with Gasteiger partial charge in [-0.15, -0.1) is 11.3 Å². The Kier molecular flexibility index (Phi) is 5.66. The number of benzene rings is 1. The molecule has 1 unspecified atom stereocenters. The van der Waals surface area contributed by atoms with E-state index < -0.39 is 0 Å². The number of nitrogens with zero attached hydrogens (tertiary/aromatic N) is 1. The molecule has 0 spiro atoms. The Hall–Kier alpha value is -1.92. The maximum absolute atomic E-state index is 13.0. The topological polar surface area (TPSA) is 68.0 Å². The summed E-state index contributed by atoms with van der Waals surface area (Å²) in [6, 6.07) is 7.98. The van der Waals surface area contributed by atoms with Crippen molar-refractivity contribution in [2.45, 2.75) is 53.4 Å². The number of aryl methyl sites for hydroxylation is 2. The molecule has 2 aromatic heterocycles. The van der Waals surface area contributed by atoms with E-state index in [0.29, 0.717) is 21.9 Å². The molecule has 0 radical (unpaired) electrons. The van der Waals surface area contributed by atoms with Crippen LogP contribution in [0, 0.1) is 18.3 Å². The van der Waals surface area contributed by atoms with Crippen LogP contribution in [0.15, 0.2) is 28.7 Å². The molecule has 3 N–H and O–H groups in total. The highest BCUT2D eigenvalue weighted by atomic mass is 79.9. The number of carbonyl (C=O) groups excluding carboxylic acids is 1. The van der Waals surface area contributed by atoms with Gasteiger partial charge in [-0.05, 0) is 72.9 Å². The summed E-state index contributed by atoms with van der Waals surface area (Å²) in [5.41, 5.74) is 11.5. The second kappa shape index (κ2) is 7.97. The fourth-order valence-electron chi connectivity index (χ4n) is 4.26. The number of anilines is 2. The van der Waals surface area contributed by atoms with Crippen molar-refractivity contribution in [1.29, 1.82) is 0 Å². The van der Waals surface area contributed by atoms with Crippen LogP contribution in [-0.2, 0) is 12.8 Å². The van der Waals surface area contributed by atoms with Crippen LogP contribution in [0.5, 0.6) is 0 Å². The first-order valence-corrected chi connectivity index (χ1v) is 12.1. The summed E-state index contributed by atoms with van der Waals surface area (Å²) in [6.07, 6.45) is 4.37. The van der Waals surface area contributed by atoms with Gasteiger partial charge in [-0.2, -0.15) is 0 Å². The first-order valence-electron chi connectivity index (χ1n) is 10.5. The van der Waals surface area contributed by atoms with E-state index in [-0.39, 0.29) is 5.91 Å². The van der Waals surface area contributed by atoms with Crippen molar-refractivity contribution >= 4 is 54.8 Å². The lowest BCUT2D eigenvalue weighted by molar-refractivity contribution is 0.103. The number of halogens is 1. The number of rotatable bonds is 4. The average Bonchev–Trinajstić information content (AvgIpc) is 3.03. The summed E-state index contributed by atoms with van der Waals surface area (Å²) in [6.45, 7) is 8.96. The average molecular weight is 486 g/mol. The SMILES string of the molecule is CCC(C)(C)C1CCc2nc3sc(C(=O)Nc4ccc(Br)cc4C)c(N)c3cc2C1. The third-order valence-corrected chi connectivity index (χ3v) is 8.35. The monoisotopic (exact) mass is 485 g/mol. The fourth-order valence-corrected chi connectivity index (χ4v) is 5.73. The number of carbonyl (C=O) groups is 1. The summed E-state index contributed by atoms with van der Waals surface area (Å²) >= 11 is 4.84. The number of hydrogen-bond donors (Lipinski definition) is 2. The van der Waals surface area contributed by atoms with Gasteiger partial charge in [-0.25, -0.2) is 4.98 Å². The smallest absolute Gasteiger partial charge is 0.267 e. The number of hydrogen-bond acceptors (Lipinski definition) is 4. The zero-order valence-electron chi connectivity index (χ0n) is 17.9. The Balaban J connectivity index is 1.65. The number of nitrogens with one attached hydrogen (secondary N) is 1. The van der Waals surface area contributed by atoms with Gasteiger partial charge in [0.25, 0.3) is 5.91 Å². The Morgan fingerprint density at radius 2 is 2.13 bits per heavy atom. The lowest BCUT2D eigenvalue weighted by Crippen LogP contribution is -2.29. The normalized spacial score (nSPS) is 16.5. The summed E-state index contributed by atoms with van der Waals surface area (Å²) in [4.78, 5) is 19.3. The highest BCUT2D eigenvalue weighted by molar-refractivity contribution is 9.10. The predicted molar refractivity (Wildman–Crippen MR) is 130 cm³/mol. The Morgan fingerprint density at radius 3 is 2.83 bits per heavy atom. The second-order valence-corrected chi connectivity index (χ2v) is 10.9. The fraction of sp³-hybridized carbons (Fsp3) is 0.417. The summed E-state index contributed by atoms with van der Waals surface area (Å²) < 4.78 is 0.985. The first kappa shape index (κ1) is 21.3. The van der Waals surface area contributed by atoms with Crippen molar-refractivity contribution in [3.8, 4) is 0 Å². The van der Waals surface area contributed by atoms with Gasteiger partial charge in [0.2, 0.25) is 0 Å². The molecular formula is C24H28BrN3OS. The molecule has 30 heavy (non-hydrogen) atoms. The van der Waals surface area contributed by atoms with Gasteiger partial charge in [-0.3, -0.25) is 4.79 Å². The molecule has 1 aromatic carbocycles. The van der Waals surface area contributed by atoms with E-state index in [0.717, 1.165) is 38.8 Å². The van der Waals surface area contributed by atoms with Gasteiger partial charge in [0.15, 0.2) is 0 Å². The lowest BCUT2D eigenvalue weighted by Gasteiger charge is -2.36. The van der Waals surface area contributed by atoms with Crippen LogP contribution < -0.4 is 11.1 Å². The molecule has 3 aromatic rings. The molecule has 0 saturated carbocycles. The molecule has 2 heterocycles. The van der Waals surface area contributed by atoms with Crippen molar-refractivity contribution in [3.63, 3.8) is 0 Å². The van der Waals surface area contributed by atoms with Crippen LogP contribution in [0.1, 0.15) is 60.1 Å². The second-order valence-electron chi connectivity index (χ2n) is 8.99. The zero-order valence-corrected chi connectivity index (χ0v) is 20.3. The van der Waals surface area contributed by atoms with Crippen LogP contribution in [0.25, 0.3) is 10.2 Å². The summed E-state index contributed by atoms with van der Waals surface area (Å²) in [5.74, 6) is 0.473. The Labute approximate surface area is 190 Å². The number of nitrogen functional groups attached to an aromatic ring is 1. The Bertz CT molecular complexity index is 1140. The van der Waals surface area contributed by atoms with Gasteiger partial charge < -0.3 is 11.1 Å². The molecule has 0 aliphatic heterocycles. The minimum Gasteiger partial charge on any atom is -0.397 e. The van der Waals surface area contributed by atoms with Gasteiger partial charge >= 0.3 is 0 Å².